The van der Waals surface area contributed by atoms with Gasteiger partial charge in [0.15, 0.2) is 6.10 Å². The summed E-state index contributed by atoms with van der Waals surface area (Å²) < 4.78 is 32.6. The van der Waals surface area contributed by atoms with Crippen LogP contribution in [0.4, 0.5) is 0 Å². The molecule has 52 heavy (non-hydrogen) atoms. The van der Waals surface area contributed by atoms with Crippen LogP contribution in [0.5, 0.6) is 0 Å². The quantitative estimate of drug-likeness (QED) is 0.0281. The largest absolute Gasteiger partial charge is 0.472 e. The molecule has 0 rings (SSSR count). The lowest BCUT2D eigenvalue weighted by molar-refractivity contribution is -0.161. The van der Waals surface area contributed by atoms with Crippen molar-refractivity contribution in [3.8, 4) is 0 Å². The summed E-state index contributed by atoms with van der Waals surface area (Å²) in [5.74, 6) is -0.948. The highest BCUT2D eigenvalue weighted by molar-refractivity contribution is 7.47. The summed E-state index contributed by atoms with van der Waals surface area (Å²) in [4.78, 5) is 34.7. The fourth-order valence-corrected chi connectivity index (χ4v) is 5.42. The Kier molecular flexibility index (Phi) is 35.9. The van der Waals surface area contributed by atoms with Gasteiger partial charge in [0, 0.05) is 19.4 Å². The maximum absolute atomic E-state index is 12.5. The van der Waals surface area contributed by atoms with Crippen LogP contribution in [0, 0.1) is 0 Å². The number of carbonyl (C=O) groups excluding carboxylic acids is 2. The first-order valence-electron chi connectivity index (χ1n) is 19.6. The fourth-order valence-electron chi connectivity index (χ4n) is 4.65. The fraction of sp³-hybridized carbons (Fsp3) is 0.619. The molecule has 0 aliphatic rings. The molecule has 9 nitrogen and oxygen atoms in total. The van der Waals surface area contributed by atoms with Gasteiger partial charge < -0.3 is 20.1 Å². The molecule has 296 valence electrons. The van der Waals surface area contributed by atoms with Crippen LogP contribution in [0.3, 0.4) is 0 Å². The van der Waals surface area contributed by atoms with Gasteiger partial charge in [-0.3, -0.25) is 18.6 Å². The summed E-state index contributed by atoms with van der Waals surface area (Å²) in [6, 6.07) is 0. The molecule has 0 aliphatic heterocycles. The number of phosphoric acid groups is 1. The second-order valence-electron chi connectivity index (χ2n) is 12.4. The van der Waals surface area contributed by atoms with E-state index in [1.807, 2.05) is 12.2 Å². The van der Waals surface area contributed by atoms with Gasteiger partial charge in [-0.05, 0) is 77.0 Å². The van der Waals surface area contributed by atoms with E-state index in [4.69, 9.17) is 24.3 Å². The number of rotatable bonds is 35. The van der Waals surface area contributed by atoms with Gasteiger partial charge >= 0.3 is 19.8 Å². The number of esters is 2. The van der Waals surface area contributed by atoms with Crippen molar-refractivity contribution >= 4 is 19.8 Å². The SMILES string of the molecule is CC/C=C\C/C=C\C/C=C\C/C=C\C/C=C\C/C=C\CCC(=O)OC[C@H](COP(=O)(O)OCCN)OC(=O)CCCCCCC/C=C\CCCCC. The maximum Gasteiger partial charge on any atom is 0.472 e. The average molecular weight is 748 g/mol. The molecule has 0 saturated heterocycles. The van der Waals surface area contributed by atoms with Crippen LogP contribution in [0.25, 0.3) is 0 Å². The monoisotopic (exact) mass is 747 g/mol. The van der Waals surface area contributed by atoms with Gasteiger partial charge in [-0.25, -0.2) is 4.57 Å². The van der Waals surface area contributed by atoms with Crippen molar-refractivity contribution in [2.24, 2.45) is 5.73 Å². The lowest BCUT2D eigenvalue weighted by Gasteiger charge is -2.19. The Balaban J connectivity index is 4.36. The van der Waals surface area contributed by atoms with E-state index in [-0.39, 0.29) is 32.6 Å². The number of phosphoric ester groups is 1. The topological polar surface area (TPSA) is 134 Å². The van der Waals surface area contributed by atoms with Gasteiger partial charge in [-0.1, -0.05) is 131 Å². The van der Waals surface area contributed by atoms with Crippen LogP contribution in [-0.2, 0) is 32.7 Å². The van der Waals surface area contributed by atoms with Gasteiger partial charge in [0.2, 0.25) is 0 Å². The number of unbranched alkanes of at least 4 members (excludes halogenated alkanes) is 8. The predicted molar refractivity (Wildman–Crippen MR) is 215 cm³/mol. The van der Waals surface area contributed by atoms with E-state index in [1.165, 1.54) is 19.3 Å². The average Bonchev–Trinajstić information content (AvgIpc) is 3.13. The highest BCUT2D eigenvalue weighted by Crippen LogP contribution is 2.43. The lowest BCUT2D eigenvalue weighted by Crippen LogP contribution is -2.29. The number of ether oxygens (including phenoxy) is 2. The lowest BCUT2D eigenvalue weighted by atomic mass is 10.1. The summed E-state index contributed by atoms with van der Waals surface area (Å²) in [5, 5.41) is 0. The highest BCUT2D eigenvalue weighted by Gasteiger charge is 2.25. The van der Waals surface area contributed by atoms with Crippen molar-refractivity contribution in [1.82, 2.24) is 0 Å². The van der Waals surface area contributed by atoms with Gasteiger partial charge in [0.05, 0.1) is 13.2 Å². The second-order valence-corrected chi connectivity index (χ2v) is 13.9. The van der Waals surface area contributed by atoms with Crippen LogP contribution in [0.1, 0.15) is 136 Å². The Morgan fingerprint density at radius 1 is 0.596 bits per heavy atom. The maximum atomic E-state index is 12.5. The van der Waals surface area contributed by atoms with E-state index in [0.29, 0.717) is 12.8 Å². The molecule has 0 fully saturated rings. The standard InChI is InChI=1S/C42H70NO8P/c1-3-5-7-9-11-13-15-17-18-19-20-21-22-23-25-26-28-30-32-34-41(44)48-38-40(39-50-52(46,47)49-37-36-43)51-42(45)35-33-31-29-27-24-16-14-12-10-8-6-4-2/h5,7,11-14,17-18,20-21,23,25,28,30,40H,3-4,6,8-10,15-16,19,22,24,26-27,29,31-39,43H2,1-2H3,(H,46,47)/b7-5-,13-11-,14-12-,18-17-,21-20-,25-23-,30-28-/t40-/m1/s1. The molecule has 0 amide bonds. The zero-order chi connectivity index (χ0) is 38.2. The first-order chi connectivity index (χ1) is 25.3. The van der Waals surface area contributed by atoms with Crippen LogP contribution in [-0.4, -0.2) is 49.3 Å². The Morgan fingerprint density at radius 2 is 1.10 bits per heavy atom. The minimum Gasteiger partial charge on any atom is -0.462 e. The third-order valence-corrected chi connectivity index (χ3v) is 8.51. The van der Waals surface area contributed by atoms with Crippen LogP contribution in [0.2, 0.25) is 0 Å². The van der Waals surface area contributed by atoms with Gasteiger partial charge in [0.25, 0.3) is 0 Å². The van der Waals surface area contributed by atoms with Crippen LogP contribution >= 0.6 is 7.82 Å². The first kappa shape index (κ1) is 49.2. The smallest absolute Gasteiger partial charge is 0.462 e. The molecular formula is C42H70NO8P. The second kappa shape index (κ2) is 37.9. The molecule has 3 N–H and O–H groups in total. The van der Waals surface area contributed by atoms with Crippen molar-refractivity contribution in [3.05, 3.63) is 85.1 Å². The van der Waals surface area contributed by atoms with E-state index in [0.717, 1.165) is 77.0 Å². The molecule has 0 aromatic heterocycles. The molecule has 0 radical (unpaired) electrons. The molecule has 0 aromatic carbocycles. The van der Waals surface area contributed by atoms with Gasteiger partial charge in [0.1, 0.15) is 6.61 Å². The van der Waals surface area contributed by atoms with Crippen molar-refractivity contribution in [1.29, 1.82) is 0 Å². The molecule has 0 spiro atoms. The zero-order valence-corrected chi connectivity index (χ0v) is 33.1. The van der Waals surface area contributed by atoms with E-state index >= 15 is 0 Å². The van der Waals surface area contributed by atoms with Crippen LogP contribution < -0.4 is 5.73 Å². The molecule has 0 bridgehead atoms. The third-order valence-electron chi connectivity index (χ3n) is 7.53. The molecule has 0 aliphatic carbocycles. The predicted octanol–water partition coefficient (Wildman–Crippen LogP) is 10.9. The van der Waals surface area contributed by atoms with Gasteiger partial charge in [-0.2, -0.15) is 0 Å². The molecular weight excluding hydrogens is 677 g/mol. The summed E-state index contributed by atoms with van der Waals surface area (Å²) in [5.41, 5.74) is 5.33. The van der Waals surface area contributed by atoms with Crippen molar-refractivity contribution in [2.75, 3.05) is 26.4 Å². The summed E-state index contributed by atoms with van der Waals surface area (Å²) in [6.45, 7) is 3.46. The number of nitrogens with two attached hydrogens (primary N) is 1. The Labute approximate surface area is 315 Å². The van der Waals surface area contributed by atoms with Crippen molar-refractivity contribution in [3.63, 3.8) is 0 Å². The van der Waals surface area contributed by atoms with Gasteiger partial charge in [-0.15, -0.1) is 0 Å². The molecule has 0 heterocycles. The summed E-state index contributed by atoms with van der Waals surface area (Å²) in [7, 11) is -4.39. The minimum absolute atomic E-state index is 0.0381. The minimum atomic E-state index is -4.39. The third kappa shape index (κ3) is 37.0. The number of allylic oxidation sites excluding steroid dienone is 14. The number of hydrogen-bond acceptors (Lipinski definition) is 8. The Morgan fingerprint density at radius 3 is 1.65 bits per heavy atom. The van der Waals surface area contributed by atoms with E-state index in [1.54, 1.807) is 0 Å². The number of carbonyl (C=O) groups is 2. The van der Waals surface area contributed by atoms with Crippen molar-refractivity contribution < 1.29 is 37.6 Å². The summed E-state index contributed by atoms with van der Waals surface area (Å²) in [6.07, 6.45) is 46.3. The molecule has 0 aromatic rings. The highest BCUT2D eigenvalue weighted by atomic mass is 31.2. The van der Waals surface area contributed by atoms with E-state index < -0.39 is 32.5 Å². The molecule has 0 saturated carbocycles. The van der Waals surface area contributed by atoms with E-state index in [2.05, 4.69) is 86.8 Å². The van der Waals surface area contributed by atoms with Crippen molar-refractivity contribution in [2.45, 2.75) is 142 Å². The normalized spacial score (nSPS) is 14.3. The molecule has 10 heteroatoms. The molecule has 1 unspecified atom stereocenters. The van der Waals surface area contributed by atoms with E-state index in [9.17, 15) is 19.0 Å². The Bertz CT molecular complexity index is 1130. The number of hydrogen-bond donors (Lipinski definition) is 2. The molecule has 2 atom stereocenters. The van der Waals surface area contributed by atoms with Crippen LogP contribution in [0.15, 0.2) is 85.1 Å². The summed E-state index contributed by atoms with van der Waals surface area (Å²) >= 11 is 0. The first-order valence-corrected chi connectivity index (χ1v) is 21.1. The Hall–Kier alpha value is -2.81. The zero-order valence-electron chi connectivity index (χ0n) is 32.3.